The van der Waals surface area contributed by atoms with Gasteiger partial charge < -0.3 is 9.88 Å². The summed E-state index contributed by atoms with van der Waals surface area (Å²) in [6, 6.07) is 8.30. The number of H-pyrrole nitrogens is 1. The van der Waals surface area contributed by atoms with Crippen LogP contribution in [0.5, 0.6) is 0 Å². The number of fused-ring (bicyclic) bond motifs is 1. The molecule has 2 heterocycles. The number of rotatable bonds is 1. The van der Waals surface area contributed by atoms with E-state index >= 15 is 0 Å². The maximum atomic E-state index is 11.7. The molecule has 0 radical (unpaired) electrons. The highest BCUT2D eigenvalue weighted by molar-refractivity contribution is 9.10. The first-order chi connectivity index (χ1) is 9.18. The zero-order valence-corrected chi connectivity index (χ0v) is 12.1. The molecule has 1 N–H and O–H groups in total. The van der Waals surface area contributed by atoms with Crippen LogP contribution in [-0.2, 0) is 0 Å². The second-order valence-electron chi connectivity index (χ2n) is 4.77. The SMILES string of the molecule is CC1CCN(c2nc[nH]c(=O)c2Br)c2ccccc21. The van der Waals surface area contributed by atoms with E-state index in [1.807, 2.05) is 6.07 Å². The van der Waals surface area contributed by atoms with Gasteiger partial charge in [-0.05, 0) is 39.9 Å². The number of aromatic nitrogens is 2. The van der Waals surface area contributed by atoms with Crippen molar-refractivity contribution in [3.05, 3.63) is 51.0 Å². The number of aromatic amines is 1. The van der Waals surface area contributed by atoms with E-state index < -0.39 is 0 Å². The van der Waals surface area contributed by atoms with Crippen LogP contribution >= 0.6 is 15.9 Å². The van der Waals surface area contributed by atoms with E-state index in [0.29, 0.717) is 16.2 Å². The van der Waals surface area contributed by atoms with Gasteiger partial charge in [0.2, 0.25) is 0 Å². The number of nitrogens with one attached hydrogen (secondary N) is 1. The van der Waals surface area contributed by atoms with Crippen LogP contribution in [0.25, 0.3) is 0 Å². The Kier molecular flexibility index (Phi) is 3.14. The summed E-state index contributed by atoms with van der Waals surface area (Å²) in [5, 5.41) is 0. The average Bonchev–Trinajstić information content (AvgIpc) is 2.43. The first-order valence-electron chi connectivity index (χ1n) is 6.28. The zero-order chi connectivity index (χ0) is 13.4. The molecule has 4 nitrogen and oxygen atoms in total. The van der Waals surface area contributed by atoms with Crippen molar-refractivity contribution in [2.45, 2.75) is 19.3 Å². The fourth-order valence-corrected chi connectivity index (χ4v) is 2.96. The molecule has 1 aliphatic heterocycles. The fourth-order valence-electron chi connectivity index (χ4n) is 2.53. The lowest BCUT2D eigenvalue weighted by Crippen LogP contribution is -2.28. The van der Waals surface area contributed by atoms with Crippen molar-refractivity contribution in [2.24, 2.45) is 0 Å². The molecule has 2 aromatic rings. The molecule has 19 heavy (non-hydrogen) atoms. The summed E-state index contributed by atoms with van der Waals surface area (Å²) in [6.45, 7) is 3.10. The molecule has 0 saturated carbocycles. The molecule has 3 rings (SSSR count). The Morgan fingerprint density at radius 2 is 2.21 bits per heavy atom. The third-order valence-corrected chi connectivity index (χ3v) is 4.29. The molecule has 0 bridgehead atoms. The lowest BCUT2D eigenvalue weighted by Gasteiger charge is -2.33. The average molecular weight is 320 g/mol. The topological polar surface area (TPSA) is 49.0 Å². The quantitative estimate of drug-likeness (QED) is 0.878. The van der Waals surface area contributed by atoms with E-state index in [1.165, 1.54) is 11.9 Å². The van der Waals surface area contributed by atoms with Gasteiger partial charge in [-0.15, -0.1) is 0 Å². The Hall–Kier alpha value is -1.62. The molecule has 1 unspecified atom stereocenters. The molecule has 1 aromatic carbocycles. The molecular weight excluding hydrogens is 306 g/mol. The monoisotopic (exact) mass is 319 g/mol. The number of hydrogen-bond donors (Lipinski definition) is 1. The molecule has 0 fully saturated rings. The first kappa shape index (κ1) is 12.4. The van der Waals surface area contributed by atoms with Gasteiger partial charge in [-0.1, -0.05) is 25.1 Å². The number of nitrogens with zero attached hydrogens (tertiary/aromatic N) is 2. The summed E-state index contributed by atoms with van der Waals surface area (Å²) in [5.41, 5.74) is 2.30. The second kappa shape index (κ2) is 4.81. The Balaban J connectivity index is 2.15. The Morgan fingerprint density at radius 1 is 1.42 bits per heavy atom. The third-order valence-electron chi connectivity index (χ3n) is 3.58. The maximum absolute atomic E-state index is 11.7. The smallest absolute Gasteiger partial charge is 0.267 e. The van der Waals surface area contributed by atoms with Crippen LogP contribution in [0.4, 0.5) is 11.5 Å². The highest BCUT2D eigenvalue weighted by Gasteiger charge is 2.25. The van der Waals surface area contributed by atoms with E-state index in [-0.39, 0.29) is 5.56 Å². The number of anilines is 2. The molecule has 0 saturated heterocycles. The normalized spacial score (nSPS) is 18.2. The van der Waals surface area contributed by atoms with Crippen LogP contribution in [0, 0.1) is 0 Å². The predicted molar refractivity (Wildman–Crippen MR) is 79.0 cm³/mol. The molecule has 1 aliphatic rings. The minimum absolute atomic E-state index is 0.152. The van der Waals surface area contributed by atoms with Crippen molar-refractivity contribution in [3.63, 3.8) is 0 Å². The van der Waals surface area contributed by atoms with Gasteiger partial charge in [0.15, 0.2) is 5.82 Å². The van der Waals surface area contributed by atoms with Crippen LogP contribution in [-0.4, -0.2) is 16.5 Å². The van der Waals surface area contributed by atoms with Crippen molar-refractivity contribution < 1.29 is 0 Å². The minimum atomic E-state index is -0.152. The summed E-state index contributed by atoms with van der Waals surface area (Å²) in [4.78, 5) is 20.7. The summed E-state index contributed by atoms with van der Waals surface area (Å²) < 4.78 is 0.486. The highest BCUT2D eigenvalue weighted by Crippen LogP contribution is 2.39. The molecule has 98 valence electrons. The van der Waals surface area contributed by atoms with E-state index in [0.717, 1.165) is 18.7 Å². The summed E-state index contributed by atoms with van der Waals surface area (Å²) in [5.74, 6) is 1.22. The lowest BCUT2D eigenvalue weighted by atomic mass is 9.91. The van der Waals surface area contributed by atoms with E-state index in [4.69, 9.17) is 0 Å². The van der Waals surface area contributed by atoms with Gasteiger partial charge in [-0.3, -0.25) is 4.79 Å². The number of hydrogen-bond acceptors (Lipinski definition) is 3. The molecule has 0 aliphatic carbocycles. The van der Waals surface area contributed by atoms with Crippen LogP contribution in [0.2, 0.25) is 0 Å². The molecule has 1 aromatic heterocycles. The molecule has 0 amide bonds. The zero-order valence-electron chi connectivity index (χ0n) is 10.6. The van der Waals surface area contributed by atoms with E-state index in [2.05, 4.69) is 55.9 Å². The van der Waals surface area contributed by atoms with Crippen molar-refractivity contribution in [3.8, 4) is 0 Å². The number of para-hydroxylation sites is 1. The molecule has 5 heteroatoms. The maximum Gasteiger partial charge on any atom is 0.267 e. The molecule has 0 spiro atoms. The number of benzene rings is 1. The van der Waals surface area contributed by atoms with Crippen molar-refractivity contribution >= 4 is 27.4 Å². The lowest BCUT2D eigenvalue weighted by molar-refractivity contribution is 0.645. The Morgan fingerprint density at radius 3 is 3.05 bits per heavy atom. The van der Waals surface area contributed by atoms with Gasteiger partial charge in [0.25, 0.3) is 5.56 Å². The van der Waals surface area contributed by atoms with Crippen LogP contribution in [0.15, 0.2) is 39.9 Å². The van der Waals surface area contributed by atoms with Gasteiger partial charge in [-0.2, -0.15) is 0 Å². The highest BCUT2D eigenvalue weighted by atomic mass is 79.9. The van der Waals surface area contributed by atoms with Crippen LogP contribution in [0.1, 0.15) is 24.8 Å². The number of halogens is 1. The second-order valence-corrected chi connectivity index (χ2v) is 5.56. The van der Waals surface area contributed by atoms with E-state index in [9.17, 15) is 4.79 Å². The Labute approximate surface area is 119 Å². The fraction of sp³-hybridized carbons (Fsp3) is 0.286. The minimum Gasteiger partial charge on any atom is -0.325 e. The summed E-state index contributed by atoms with van der Waals surface area (Å²) in [7, 11) is 0. The van der Waals surface area contributed by atoms with Crippen LogP contribution < -0.4 is 10.5 Å². The largest absolute Gasteiger partial charge is 0.325 e. The standard InChI is InChI=1S/C14H14BrN3O/c1-9-6-7-18(11-5-3-2-4-10(9)11)13-12(15)14(19)17-8-16-13/h2-5,8-9H,6-7H2,1H3,(H,16,17,19). The van der Waals surface area contributed by atoms with Gasteiger partial charge >= 0.3 is 0 Å². The van der Waals surface area contributed by atoms with Gasteiger partial charge in [0, 0.05) is 12.2 Å². The molecule has 1 atom stereocenters. The summed E-state index contributed by atoms with van der Waals surface area (Å²) in [6.07, 6.45) is 2.50. The third kappa shape index (κ3) is 2.08. The van der Waals surface area contributed by atoms with Crippen molar-refractivity contribution in [2.75, 3.05) is 11.4 Å². The van der Waals surface area contributed by atoms with Crippen molar-refractivity contribution in [1.82, 2.24) is 9.97 Å². The summed E-state index contributed by atoms with van der Waals surface area (Å²) >= 11 is 3.33. The first-order valence-corrected chi connectivity index (χ1v) is 7.07. The van der Waals surface area contributed by atoms with Gasteiger partial charge in [0.05, 0.1) is 6.33 Å². The van der Waals surface area contributed by atoms with E-state index in [1.54, 1.807) is 0 Å². The van der Waals surface area contributed by atoms with Crippen LogP contribution in [0.3, 0.4) is 0 Å². The predicted octanol–water partition coefficient (Wildman–Crippen LogP) is 3.18. The van der Waals surface area contributed by atoms with Gasteiger partial charge in [0.1, 0.15) is 4.47 Å². The van der Waals surface area contributed by atoms with Crippen molar-refractivity contribution in [1.29, 1.82) is 0 Å². The molecular formula is C14H14BrN3O. The van der Waals surface area contributed by atoms with Gasteiger partial charge in [-0.25, -0.2) is 4.98 Å². The Bertz CT molecular complexity index is 668.